The van der Waals surface area contributed by atoms with Crippen LogP contribution in [0.5, 0.6) is 0 Å². The van der Waals surface area contributed by atoms with Crippen LogP contribution in [0.3, 0.4) is 0 Å². The topological polar surface area (TPSA) is 41.1 Å². The lowest BCUT2D eigenvalue weighted by atomic mass is 9.87. The number of carbonyl (C=O) groups excluding carboxylic acids is 1. The van der Waals surface area contributed by atoms with E-state index in [1.807, 2.05) is 6.92 Å². The van der Waals surface area contributed by atoms with Gasteiger partial charge in [-0.1, -0.05) is 27.2 Å². The quantitative estimate of drug-likeness (QED) is 0.753. The summed E-state index contributed by atoms with van der Waals surface area (Å²) in [6.07, 6.45) is 4.72. The summed E-state index contributed by atoms with van der Waals surface area (Å²) in [5.74, 6) is 0.129. The summed E-state index contributed by atoms with van der Waals surface area (Å²) in [5.41, 5.74) is 0.333. The van der Waals surface area contributed by atoms with Crippen molar-refractivity contribution in [3.63, 3.8) is 0 Å². The van der Waals surface area contributed by atoms with Gasteiger partial charge in [-0.2, -0.15) is 0 Å². The number of hydrogen-bond donors (Lipinski definition) is 2. The summed E-state index contributed by atoms with van der Waals surface area (Å²) in [6, 6.07) is 0.406. The van der Waals surface area contributed by atoms with Crippen LogP contribution in [0, 0.1) is 5.41 Å². The third-order valence-electron chi connectivity index (χ3n) is 3.65. The maximum Gasteiger partial charge on any atom is 0.236 e. The Morgan fingerprint density at radius 3 is 2.69 bits per heavy atom. The number of hydrogen-bond acceptors (Lipinski definition) is 2. The van der Waals surface area contributed by atoms with Gasteiger partial charge in [0.2, 0.25) is 5.91 Å². The van der Waals surface area contributed by atoms with Gasteiger partial charge in [0.25, 0.3) is 0 Å². The van der Waals surface area contributed by atoms with Gasteiger partial charge >= 0.3 is 0 Å². The van der Waals surface area contributed by atoms with Gasteiger partial charge in [0.05, 0.1) is 6.04 Å². The Hall–Kier alpha value is -0.570. The fourth-order valence-corrected chi connectivity index (χ4v) is 2.41. The normalized spacial score (nSPS) is 25.4. The Labute approximate surface area is 99.4 Å². The fourth-order valence-electron chi connectivity index (χ4n) is 2.41. The molecule has 1 aliphatic rings. The molecule has 0 radical (unpaired) electrons. The van der Waals surface area contributed by atoms with Crippen molar-refractivity contribution in [1.29, 1.82) is 0 Å². The van der Waals surface area contributed by atoms with E-state index in [2.05, 4.69) is 31.4 Å². The molecule has 1 aliphatic carbocycles. The maximum absolute atomic E-state index is 11.7. The van der Waals surface area contributed by atoms with Crippen LogP contribution in [0.2, 0.25) is 0 Å². The molecule has 1 saturated carbocycles. The number of nitrogens with one attached hydrogen (secondary N) is 2. The predicted octanol–water partition coefficient (Wildman–Crippen LogP) is 2.07. The van der Waals surface area contributed by atoms with Crippen molar-refractivity contribution in [3.8, 4) is 0 Å². The summed E-state index contributed by atoms with van der Waals surface area (Å²) < 4.78 is 0. The molecule has 1 amide bonds. The van der Waals surface area contributed by atoms with Crippen molar-refractivity contribution in [1.82, 2.24) is 10.6 Å². The van der Waals surface area contributed by atoms with Crippen LogP contribution in [-0.2, 0) is 4.79 Å². The molecular formula is C13H26N2O. The molecule has 94 valence electrons. The van der Waals surface area contributed by atoms with Gasteiger partial charge in [-0.3, -0.25) is 4.79 Å². The van der Waals surface area contributed by atoms with E-state index in [0.29, 0.717) is 11.5 Å². The average molecular weight is 226 g/mol. The first-order chi connectivity index (χ1) is 7.47. The van der Waals surface area contributed by atoms with Gasteiger partial charge in [-0.25, -0.2) is 0 Å². The summed E-state index contributed by atoms with van der Waals surface area (Å²) in [6.45, 7) is 9.37. The van der Waals surface area contributed by atoms with Gasteiger partial charge < -0.3 is 10.6 Å². The Kier molecular flexibility index (Phi) is 4.78. The molecule has 0 heterocycles. The van der Waals surface area contributed by atoms with Crippen molar-refractivity contribution in [2.24, 2.45) is 5.41 Å². The highest BCUT2D eigenvalue weighted by Crippen LogP contribution is 2.37. The molecule has 3 nitrogen and oxygen atoms in total. The van der Waals surface area contributed by atoms with Gasteiger partial charge in [0, 0.05) is 12.6 Å². The molecule has 0 aromatic heterocycles. The van der Waals surface area contributed by atoms with Gasteiger partial charge in [0.15, 0.2) is 0 Å². The minimum absolute atomic E-state index is 0.0751. The highest BCUT2D eigenvalue weighted by molar-refractivity contribution is 5.81. The highest BCUT2D eigenvalue weighted by atomic mass is 16.2. The SMILES string of the molecule is CCCNC(=O)C(C)NC1CCCC1(C)C. The molecule has 1 rings (SSSR count). The minimum atomic E-state index is -0.0751. The number of rotatable bonds is 5. The highest BCUT2D eigenvalue weighted by Gasteiger charge is 2.35. The van der Waals surface area contributed by atoms with Crippen molar-refractivity contribution in [3.05, 3.63) is 0 Å². The molecule has 3 heteroatoms. The van der Waals surface area contributed by atoms with Crippen LogP contribution in [0.15, 0.2) is 0 Å². The average Bonchev–Trinajstić information content (AvgIpc) is 2.54. The second-order valence-corrected chi connectivity index (χ2v) is 5.61. The van der Waals surface area contributed by atoms with Crippen LogP contribution in [0.4, 0.5) is 0 Å². The largest absolute Gasteiger partial charge is 0.355 e. The lowest BCUT2D eigenvalue weighted by Crippen LogP contribution is -2.49. The van der Waals surface area contributed by atoms with E-state index >= 15 is 0 Å². The Morgan fingerprint density at radius 1 is 1.50 bits per heavy atom. The zero-order chi connectivity index (χ0) is 12.2. The van der Waals surface area contributed by atoms with E-state index in [4.69, 9.17) is 0 Å². The Balaban J connectivity index is 2.38. The van der Waals surface area contributed by atoms with Crippen LogP contribution in [0.1, 0.15) is 53.4 Å². The third kappa shape index (κ3) is 3.48. The summed E-state index contributed by atoms with van der Waals surface area (Å²) in [4.78, 5) is 11.7. The van der Waals surface area contributed by atoms with Crippen molar-refractivity contribution in [2.45, 2.75) is 65.5 Å². The molecule has 1 fully saturated rings. The fraction of sp³-hybridized carbons (Fsp3) is 0.923. The molecule has 2 atom stereocenters. The smallest absolute Gasteiger partial charge is 0.236 e. The third-order valence-corrected chi connectivity index (χ3v) is 3.65. The van der Waals surface area contributed by atoms with Crippen LogP contribution in [0.25, 0.3) is 0 Å². The molecule has 16 heavy (non-hydrogen) atoms. The molecule has 0 bridgehead atoms. The van der Waals surface area contributed by atoms with Gasteiger partial charge in [-0.05, 0) is 31.6 Å². The molecule has 0 spiro atoms. The Morgan fingerprint density at radius 2 is 2.19 bits per heavy atom. The van der Waals surface area contributed by atoms with Crippen molar-refractivity contribution in [2.75, 3.05) is 6.54 Å². The van der Waals surface area contributed by atoms with Crippen molar-refractivity contribution >= 4 is 5.91 Å². The lowest BCUT2D eigenvalue weighted by molar-refractivity contribution is -0.123. The van der Waals surface area contributed by atoms with Crippen LogP contribution in [-0.4, -0.2) is 24.5 Å². The van der Waals surface area contributed by atoms with Crippen molar-refractivity contribution < 1.29 is 4.79 Å². The maximum atomic E-state index is 11.7. The van der Waals surface area contributed by atoms with Crippen LogP contribution >= 0.6 is 0 Å². The molecule has 0 aromatic rings. The second kappa shape index (κ2) is 5.67. The predicted molar refractivity (Wildman–Crippen MR) is 67.3 cm³/mol. The molecule has 2 N–H and O–H groups in total. The van der Waals surface area contributed by atoms with E-state index in [-0.39, 0.29) is 11.9 Å². The first kappa shape index (κ1) is 13.5. The summed E-state index contributed by atoms with van der Waals surface area (Å²) in [5, 5.41) is 6.40. The molecular weight excluding hydrogens is 200 g/mol. The number of carbonyl (C=O) groups is 1. The molecule has 0 saturated heterocycles. The zero-order valence-corrected chi connectivity index (χ0v) is 11.1. The van der Waals surface area contributed by atoms with E-state index in [1.54, 1.807) is 0 Å². The summed E-state index contributed by atoms with van der Waals surface area (Å²) >= 11 is 0. The standard InChI is InChI=1S/C13H26N2O/c1-5-9-14-12(16)10(2)15-11-7-6-8-13(11,3)4/h10-11,15H,5-9H2,1-4H3,(H,14,16). The Bertz CT molecular complexity index is 238. The van der Waals surface area contributed by atoms with E-state index < -0.39 is 0 Å². The van der Waals surface area contributed by atoms with Crippen LogP contribution < -0.4 is 10.6 Å². The minimum Gasteiger partial charge on any atom is -0.355 e. The molecule has 2 unspecified atom stereocenters. The first-order valence-corrected chi connectivity index (χ1v) is 6.51. The van der Waals surface area contributed by atoms with E-state index in [0.717, 1.165) is 13.0 Å². The monoisotopic (exact) mass is 226 g/mol. The van der Waals surface area contributed by atoms with E-state index in [9.17, 15) is 4.79 Å². The summed E-state index contributed by atoms with van der Waals surface area (Å²) in [7, 11) is 0. The zero-order valence-electron chi connectivity index (χ0n) is 11.1. The first-order valence-electron chi connectivity index (χ1n) is 6.51. The van der Waals surface area contributed by atoms with E-state index in [1.165, 1.54) is 19.3 Å². The molecule has 0 aliphatic heterocycles. The van der Waals surface area contributed by atoms with Gasteiger partial charge in [-0.15, -0.1) is 0 Å². The number of amides is 1. The molecule has 0 aromatic carbocycles. The van der Waals surface area contributed by atoms with Gasteiger partial charge in [0.1, 0.15) is 0 Å². The second-order valence-electron chi connectivity index (χ2n) is 5.61. The lowest BCUT2D eigenvalue weighted by Gasteiger charge is -2.30.